The summed E-state index contributed by atoms with van der Waals surface area (Å²) in [5.74, 6) is 1.33. The highest BCUT2D eigenvalue weighted by Crippen LogP contribution is 2.35. The average molecular weight is 378 g/mol. The highest BCUT2D eigenvalue weighted by atomic mass is 16.5. The third-order valence-electron chi connectivity index (χ3n) is 5.84. The summed E-state index contributed by atoms with van der Waals surface area (Å²) in [6, 6.07) is 12.1. The van der Waals surface area contributed by atoms with Gasteiger partial charge in [-0.2, -0.15) is 0 Å². The van der Waals surface area contributed by atoms with Gasteiger partial charge in [0.2, 0.25) is 0 Å². The number of rotatable bonds is 4. The van der Waals surface area contributed by atoms with Gasteiger partial charge in [0.25, 0.3) is 5.91 Å². The summed E-state index contributed by atoms with van der Waals surface area (Å²) >= 11 is 0. The van der Waals surface area contributed by atoms with Gasteiger partial charge in [0, 0.05) is 13.2 Å². The van der Waals surface area contributed by atoms with Crippen LogP contribution in [0.5, 0.6) is 5.75 Å². The number of aryl methyl sites for hydroxylation is 2. The second-order valence-electron chi connectivity index (χ2n) is 7.51. The summed E-state index contributed by atoms with van der Waals surface area (Å²) in [6.45, 7) is 5.45. The van der Waals surface area contributed by atoms with Crippen molar-refractivity contribution in [3.05, 3.63) is 59.0 Å². The number of hydrogen-bond acceptors (Lipinski definition) is 5. The molecular formula is C22H22N2O4. The summed E-state index contributed by atoms with van der Waals surface area (Å²) in [5, 5.41) is 6.04. The first-order valence-corrected chi connectivity index (χ1v) is 9.62. The number of carbonyl (C=O) groups excluding carboxylic acids is 1. The van der Waals surface area contributed by atoms with Crippen molar-refractivity contribution >= 4 is 16.7 Å². The summed E-state index contributed by atoms with van der Waals surface area (Å²) < 4.78 is 17.0. The minimum atomic E-state index is 0.00580. The average Bonchev–Trinajstić information content (AvgIpc) is 3.21. The van der Waals surface area contributed by atoms with Gasteiger partial charge in [0.15, 0.2) is 0 Å². The highest BCUT2D eigenvalue weighted by molar-refractivity contribution is 6.02. The Morgan fingerprint density at radius 3 is 2.75 bits per heavy atom. The molecule has 2 aliphatic rings. The van der Waals surface area contributed by atoms with Gasteiger partial charge in [-0.1, -0.05) is 29.4 Å². The van der Waals surface area contributed by atoms with E-state index in [1.54, 1.807) is 0 Å². The van der Waals surface area contributed by atoms with Crippen molar-refractivity contribution in [2.45, 2.75) is 39.0 Å². The predicted molar refractivity (Wildman–Crippen MR) is 103 cm³/mol. The third-order valence-corrected chi connectivity index (χ3v) is 5.84. The van der Waals surface area contributed by atoms with E-state index in [0.29, 0.717) is 24.5 Å². The van der Waals surface area contributed by atoms with Crippen LogP contribution in [0.15, 0.2) is 40.9 Å². The zero-order chi connectivity index (χ0) is 19.3. The predicted octanol–water partition coefficient (Wildman–Crippen LogP) is 3.64. The van der Waals surface area contributed by atoms with Gasteiger partial charge in [0.1, 0.15) is 18.1 Å². The number of likely N-dealkylation sites (tertiary alicyclic amines) is 1. The second kappa shape index (κ2) is 6.63. The van der Waals surface area contributed by atoms with E-state index < -0.39 is 0 Å². The van der Waals surface area contributed by atoms with Crippen LogP contribution in [0.1, 0.15) is 33.8 Å². The lowest BCUT2D eigenvalue weighted by atomic mass is 9.96. The second-order valence-corrected chi connectivity index (χ2v) is 7.51. The van der Waals surface area contributed by atoms with E-state index in [-0.39, 0.29) is 18.1 Å². The topological polar surface area (TPSA) is 64.8 Å². The quantitative estimate of drug-likeness (QED) is 0.694. The van der Waals surface area contributed by atoms with E-state index in [9.17, 15) is 4.79 Å². The lowest BCUT2D eigenvalue weighted by molar-refractivity contribution is -0.0266. The van der Waals surface area contributed by atoms with Gasteiger partial charge in [0.05, 0.1) is 29.0 Å². The normalized spacial score (nSPS) is 20.9. The lowest BCUT2D eigenvalue weighted by Gasteiger charge is -2.43. The Bertz CT molecular complexity index is 1040. The van der Waals surface area contributed by atoms with E-state index in [2.05, 4.69) is 5.16 Å². The van der Waals surface area contributed by atoms with Crippen molar-refractivity contribution < 1.29 is 18.8 Å². The van der Waals surface area contributed by atoms with E-state index in [4.69, 9.17) is 14.0 Å². The summed E-state index contributed by atoms with van der Waals surface area (Å²) in [5.41, 5.74) is 2.32. The molecule has 6 heteroatoms. The molecule has 0 bridgehead atoms. The minimum absolute atomic E-state index is 0.00580. The van der Waals surface area contributed by atoms with Gasteiger partial charge < -0.3 is 18.9 Å². The molecule has 2 atom stereocenters. The van der Waals surface area contributed by atoms with Crippen LogP contribution in [0.25, 0.3) is 10.8 Å². The molecule has 2 fully saturated rings. The number of aromatic nitrogens is 1. The van der Waals surface area contributed by atoms with Gasteiger partial charge in [-0.05, 0) is 43.2 Å². The van der Waals surface area contributed by atoms with Crippen LogP contribution in [0.3, 0.4) is 0 Å². The molecule has 1 amide bonds. The molecule has 0 saturated carbocycles. The van der Waals surface area contributed by atoms with E-state index >= 15 is 0 Å². The Kier molecular flexibility index (Phi) is 4.09. The van der Waals surface area contributed by atoms with Crippen molar-refractivity contribution in [2.75, 3.05) is 13.2 Å². The molecule has 3 aromatic rings. The van der Waals surface area contributed by atoms with Crippen molar-refractivity contribution in [3.63, 3.8) is 0 Å². The largest absolute Gasteiger partial charge is 0.488 e. The van der Waals surface area contributed by atoms with Crippen molar-refractivity contribution in [1.82, 2.24) is 10.1 Å². The van der Waals surface area contributed by atoms with Crippen molar-refractivity contribution in [2.24, 2.45) is 0 Å². The molecule has 0 N–H and O–H groups in total. The van der Waals surface area contributed by atoms with Gasteiger partial charge in [-0.15, -0.1) is 0 Å². The molecule has 6 nitrogen and oxygen atoms in total. The first-order valence-electron chi connectivity index (χ1n) is 9.62. The molecule has 28 heavy (non-hydrogen) atoms. The fraction of sp³-hybridized carbons (Fsp3) is 0.364. The number of fused-ring (bicyclic) bond motifs is 2. The zero-order valence-corrected chi connectivity index (χ0v) is 16.0. The Balaban J connectivity index is 1.49. The third kappa shape index (κ3) is 2.76. The first kappa shape index (κ1) is 17.3. The molecule has 1 aromatic heterocycles. The smallest absolute Gasteiger partial charge is 0.258 e. The van der Waals surface area contributed by atoms with E-state index in [0.717, 1.165) is 40.8 Å². The maximum Gasteiger partial charge on any atom is 0.258 e. The molecule has 0 aliphatic carbocycles. The summed E-state index contributed by atoms with van der Waals surface area (Å²) in [4.78, 5) is 15.2. The summed E-state index contributed by atoms with van der Waals surface area (Å²) in [7, 11) is 0. The SMILES string of the molecule is Cc1noc(C)c1COc1cc2ccccc2cc1C(=O)N1C[C@@H]2OCC[C@@H]21. The summed E-state index contributed by atoms with van der Waals surface area (Å²) in [6.07, 6.45) is 1.09. The Hall–Kier alpha value is -2.86. The zero-order valence-electron chi connectivity index (χ0n) is 16.0. The fourth-order valence-corrected chi connectivity index (χ4v) is 4.11. The maximum atomic E-state index is 13.3. The molecule has 2 aromatic carbocycles. The van der Waals surface area contributed by atoms with Gasteiger partial charge in [-0.25, -0.2) is 0 Å². The standard InChI is InChI=1S/C22H22N2O4/c1-13-18(14(2)28-23-13)12-27-20-10-16-6-4-3-5-15(16)9-17(20)22(25)24-11-21-19(24)7-8-26-21/h3-6,9-10,19,21H,7-8,11-12H2,1-2H3/t19-,21-/m0/s1. The fourth-order valence-electron chi connectivity index (χ4n) is 4.11. The van der Waals surface area contributed by atoms with Crippen LogP contribution in [0.2, 0.25) is 0 Å². The number of nitrogens with zero attached hydrogens (tertiary/aromatic N) is 2. The minimum Gasteiger partial charge on any atom is -0.488 e. The molecule has 5 rings (SSSR count). The number of hydrogen-bond donors (Lipinski definition) is 0. The highest BCUT2D eigenvalue weighted by Gasteiger charge is 2.46. The number of carbonyl (C=O) groups is 1. The molecule has 2 saturated heterocycles. The van der Waals surface area contributed by atoms with Crippen LogP contribution >= 0.6 is 0 Å². The van der Waals surface area contributed by atoms with Crippen LogP contribution < -0.4 is 4.74 Å². The number of benzene rings is 2. The van der Waals surface area contributed by atoms with Crippen LogP contribution in [0, 0.1) is 13.8 Å². The Morgan fingerprint density at radius 2 is 2.04 bits per heavy atom. The molecule has 3 heterocycles. The molecule has 2 aliphatic heterocycles. The van der Waals surface area contributed by atoms with Gasteiger partial charge in [-0.3, -0.25) is 4.79 Å². The molecule has 0 spiro atoms. The van der Waals surface area contributed by atoms with Crippen LogP contribution in [0.4, 0.5) is 0 Å². The van der Waals surface area contributed by atoms with Crippen LogP contribution in [-0.2, 0) is 11.3 Å². The van der Waals surface area contributed by atoms with E-state index in [1.165, 1.54) is 0 Å². The Labute approximate surface area is 163 Å². The van der Waals surface area contributed by atoms with Crippen molar-refractivity contribution in [1.29, 1.82) is 0 Å². The molecular weight excluding hydrogens is 356 g/mol. The molecule has 0 radical (unpaired) electrons. The van der Waals surface area contributed by atoms with E-state index in [1.807, 2.05) is 55.1 Å². The van der Waals surface area contributed by atoms with Crippen LogP contribution in [-0.4, -0.2) is 41.3 Å². The molecule has 144 valence electrons. The Morgan fingerprint density at radius 1 is 1.25 bits per heavy atom. The monoisotopic (exact) mass is 378 g/mol. The van der Waals surface area contributed by atoms with Gasteiger partial charge >= 0.3 is 0 Å². The first-order chi connectivity index (χ1) is 13.6. The molecule has 0 unspecified atom stereocenters. The number of amides is 1. The lowest BCUT2D eigenvalue weighted by Crippen LogP contribution is -2.59. The maximum absolute atomic E-state index is 13.3. The van der Waals surface area contributed by atoms with Crippen molar-refractivity contribution in [3.8, 4) is 5.75 Å². The number of ether oxygens (including phenoxy) is 2.